The van der Waals surface area contributed by atoms with Crippen molar-refractivity contribution < 1.29 is 9.90 Å². The van der Waals surface area contributed by atoms with Gasteiger partial charge in [0.2, 0.25) is 0 Å². The van der Waals surface area contributed by atoms with Crippen LogP contribution in [0.2, 0.25) is 25.2 Å². The van der Waals surface area contributed by atoms with Gasteiger partial charge in [-0.3, -0.25) is 4.79 Å². The lowest BCUT2D eigenvalue weighted by Gasteiger charge is -2.23. The van der Waals surface area contributed by atoms with E-state index in [2.05, 4.69) is 19.6 Å². The van der Waals surface area contributed by atoms with E-state index in [9.17, 15) is 4.79 Å². The van der Waals surface area contributed by atoms with Gasteiger partial charge < -0.3 is 5.11 Å². The van der Waals surface area contributed by atoms with E-state index in [1.807, 2.05) is 0 Å². The quantitative estimate of drug-likeness (QED) is 0.666. The van der Waals surface area contributed by atoms with E-state index < -0.39 is 8.07 Å². The van der Waals surface area contributed by atoms with E-state index in [4.69, 9.17) is 5.11 Å². The standard InChI is InChI=1S/C9H18O2Si/c1-12(2,3)8-4-7(6-10)9(11)5-8/h7-8,10H,4-6H2,1-3H3/t7-,8+/m1/s1. The predicted molar refractivity (Wildman–Crippen MR) is 51.9 cm³/mol. The second-order valence-corrected chi connectivity index (χ2v) is 10.4. The molecule has 2 nitrogen and oxygen atoms in total. The SMILES string of the molecule is C[Si](C)(C)[C@@H]1CC(=O)[C@@H](CO)C1. The number of ketones is 1. The van der Waals surface area contributed by atoms with Crippen LogP contribution in [-0.4, -0.2) is 25.6 Å². The minimum atomic E-state index is -1.16. The Labute approximate surface area is 75.0 Å². The molecular weight excluding hydrogens is 168 g/mol. The first-order chi connectivity index (χ1) is 5.45. The Kier molecular flexibility index (Phi) is 2.73. The molecule has 0 unspecified atom stereocenters. The molecule has 0 spiro atoms. The molecule has 0 aromatic heterocycles. The zero-order valence-electron chi connectivity index (χ0n) is 8.13. The molecule has 2 atom stereocenters. The number of rotatable bonds is 2. The topological polar surface area (TPSA) is 37.3 Å². The monoisotopic (exact) mass is 186 g/mol. The molecule has 1 aliphatic rings. The maximum absolute atomic E-state index is 11.3. The minimum absolute atomic E-state index is 0.0401. The molecule has 1 N–H and O–H groups in total. The third-order valence-corrected chi connectivity index (χ3v) is 5.81. The third-order valence-electron chi connectivity index (χ3n) is 2.92. The van der Waals surface area contributed by atoms with Crippen molar-refractivity contribution in [2.24, 2.45) is 5.92 Å². The normalized spacial score (nSPS) is 31.2. The first kappa shape index (κ1) is 9.93. The molecule has 1 rings (SSSR count). The first-order valence-corrected chi connectivity index (χ1v) is 8.16. The summed E-state index contributed by atoms with van der Waals surface area (Å²) in [6.45, 7) is 6.94. The largest absolute Gasteiger partial charge is 0.396 e. The maximum Gasteiger partial charge on any atom is 0.138 e. The van der Waals surface area contributed by atoms with E-state index in [0.29, 0.717) is 5.54 Å². The van der Waals surface area contributed by atoms with Crippen LogP contribution in [-0.2, 0) is 4.79 Å². The molecule has 3 heteroatoms. The van der Waals surface area contributed by atoms with Crippen LogP contribution >= 0.6 is 0 Å². The van der Waals surface area contributed by atoms with Crippen LogP contribution in [0.4, 0.5) is 0 Å². The van der Waals surface area contributed by atoms with Gasteiger partial charge in [-0.15, -0.1) is 0 Å². The van der Waals surface area contributed by atoms with Gasteiger partial charge in [-0.25, -0.2) is 0 Å². The fourth-order valence-corrected chi connectivity index (χ4v) is 3.61. The Morgan fingerprint density at radius 1 is 1.50 bits per heavy atom. The minimum Gasteiger partial charge on any atom is -0.396 e. The fourth-order valence-electron chi connectivity index (χ4n) is 1.80. The molecule has 0 radical (unpaired) electrons. The van der Waals surface area contributed by atoms with Gasteiger partial charge in [0, 0.05) is 20.4 Å². The van der Waals surface area contributed by atoms with Gasteiger partial charge >= 0.3 is 0 Å². The number of carbonyl (C=O) groups excluding carboxylic acids is 1. The summed E-state index contributed by atoms with van der Waals surface area (Å²) >= 11 is 0. The van der Waals surface area contributed by atoms with Crippen LogP contribution in [0.15, 0.2) is 0 Å². The van der Waals surface area contributed by atoms with Crippen LogP contribution in [0.3, 0.4) is 0 Å². The number of Topliss-reactive ketones (excluding diaryl/α,β-unsaturated/α-hetero) is 1. The number of hydrogen-bond acceptors (Lipinski definition) is 2. The highest BCUT2D eigenvalue weighted by molar-refractivity contribution is 6.77. The molecular formula is C9H18O2Si. The van der Waals surface area contributed by atoms with Crippen molar-refractivity contribution in [1.82, 2.24) is 0 Å². The molecule has 0 aromatic carbocycles. The molecule has 0 bridgehead atoms. The van der Waals surface area contributed by atoms with Gasteiger partial charge in [-0.1, -0.05) is 19.6 Å². The Morgan fingerprint density at radius 2 is 2.08 bits per heavy atom. The highest BCUT2D eigenvalue weighted by atomic mass is 28.3. The molecule has 0 amide bonds. The average Bonchev–Trinajstić information content (AvgIpc) is 2.29. The van der Waals surface area contributed by atoms with Crippen LogP contribution in [0, 0.1) is 5.92 Å². The van der Waals surface area contributed by atoms with Gasteiger partial charge in [0.05, 0.1) is 6.61 Å². The van der Waals surface area contributed by atoms with E-state index in [1.165, 1.54) is 0 Å². The van der Waals surface area contributed by atoms with Crippen LogP contribution in [0.1, 0.15) is 12.8 Å². The zero-order valence-corrected chi connectivity index (χ0v) is 9.13. The number of aliphatic hydroxyl groups excluding tert-OH is 1. The van der Waals surface area contributed by atoms with Gasteiger partial charge in [0.25, 0.3) is 0 Å². The maximum atomic E-state index is 11.3. The summed E-state index contributed by atoms with van der Waals surface area (Å²) in [6.07, 6.45) is 1.66. The average molecular weight is 186 g/mol. The molecule has 0 aliphatic heterocycles. The Hall–Kier alpha value is -0.153. The number of carbonyl (C=O) groups is 1. The smallest absolute Gasteiger partial charge is 0.138 e. The highest BCUT2D eigenvalue weighted by Gasteiger charge is 2.38. The van der Waals surface area contributed by atoms with Crippen molar-refractivity contribution in [2.45, 2.75) is 38.0 Å². The Bertz CT molecular complexity index is 183. The summed E-state index contributed by atoms with van der Waals surface area (Å²) in [5, 5.41) is 8.91. The van der Waals surface area contributed by atoms with Crippen molar-refractivity contribution in [3.8, 4) is 0 Å². The van der Waals surface area contributed by atoms with E-state index in [-0.39, 0.29) is 18.3 Å². The van der Waals surface area contributed by atoms with Crippen molar-refractivity contribution in [2.75, 3.05) is 6.61 Å². The summed E-state index contributed by atoms with van der Waals surface area (Å²) in [5.74, 6) is 0.242. The summed E-state index contributed by atoms with van der Waals surface area (Å²) in [6, 6.07) is 0. The molecule has 0 heterocycles. The number of aliphatic hydroxyl groups is 1. The summed E-state index contributed by atoms with van der Waals surface area (Å²) in [5.41, 5.74) is 0.599. The first-order valence-electron chi connectivity index (χ1n) is 4.58. The van der Waals surface area contributed by atoms with Crippen LogP contribution in [0.5, 0.6) is 0 Å². The summed E-state index contributed by atoms with van der Waals surface area (Å²) < 4.78 is 0. The predicted octanol–water partition coefficient (Wildman–Crippen LogP) is 1.67. The fraction of sp³-hybridized carbons (Fsp3) is 0.889. The van der Waals surface area contributed by atoms with Crippen molar-refractivity contribution >= 4 is 13.9 Å². The molecule has 1 fully saturated rings. The Balaban J connectivity index is 2.60. The van der Waals surface area contributed by atoms with Gasteiger partial charge in [-0.05, 0) is 12.0 Å². The molecule has 1 saturated carbocycles. The molecule has 70 valence electrons. The highest BCUT2D eigenvalue weighted by Crippen LogP contribution is 2.39. The second kappa shape index (κ2) is 3.30. The van der Waals surface area contributed by atoms with Crippen molar-refractivity contribution in [1.29, 1.82) is 0 Å². The summed E-state index contributed by atoms with van der Waals surface area (Å²) in [7, 11) is -1.16. The van der Waals surface area contributed by atoms with Crippen LogP contribution < -0.4 is 0 Å². The van der Waals surface area contributed by atoms with Gasteiger partial charge in [0.15, 0.2) is 0 Å². The molecule has 0 saturated heterocycles. The van der Waals surface area contributed by atoms with E-state index in [1.54, 1.807) is 0 Å². The van der Waals surface area contributed by atoms with E-state index >= 15 is 0 Å². The van der Waals surface area contributed by atoms with Gasteiger partial charge in [0.1, 0.15) is 5.78 Å². The molecule has 1 aliphatic carbocycles. The van der Waals surface area contributed by atoms with Crippen LogP contribution in [0.25, 0.3) is 0 Å². The number of hydrogen-bond donors (Lipinski definition) is 1. The third kappa shape index (κ3) is 1.96. The second-order valence-electron chi connectivity index (χ2n) is 4.85. The van der Waals surface area contributed by atoms with Gasteiger partial charge in [-0.2, -0.15) is 0 Å². The molecule has 12 heavy (non-hydrogen) atoms. The lowest BCUT2D eigenvalue weighted by Crippen LogP contribution is -2.26. The van der Waals surface area contributed by atoms with E-state index in [0.717, 1.165) is 12.8 Å². The molecule has 0 aromatic rings. The zero-order chi connectivity index (χ0) is 9.35. The van der Waals surface area contributed by atoms with Crippen molar-refractivity contribution in [3.05, 3.63) is 0 Å². The summed E-state index contributed by atoms with van der Waals surface area (Å²) in [4.78, 5) is 11.3. The lowest BCUT2D eigenvalue weighted by atomic mass is 10.1. The lowest BCUT2D eigenvalue weighted by molar-refractivity contribution is -0.121. The Morgan fingerprint density at radius 3 is 2.33 bits per heavy atom. The van der Waals surface area contributed by atoms with Crippen molar-refractivity contribution in [3.63, 3.8) is 0 Å².